The summed E-state index contributed by atoms with van der Waals surface area (Å²) in [6, 6.07) is 5.15. The van der Waals surface area contributed by atoms with Gasteiger partial charge in [-0.05, 0) is 45.9 Å². The molecule has 3 N–H and O–H groups in total. The predicted octanol–water partition coefficient (Wildman–Crippen LogP) is 3.47. The lowest BCUT2D eigenvalue weighted by Crippen LogP contribution is -2.26. The molecule has 0 spiro atoms. The Hall–Kier alpha value is -3.03. The first kappa shape index (κ1) is 18.8. The van der Waals surface area contributed by atoms with Crippen molar-refractivity contribution in [2.75, 3.05) is 29.0 Å². The third-order valence-electron chi connectivity index (χ3n) is 4.65. The molecule has 27 heavy (non-hydrogen) atoms. The van der Waals surface area contributed by atoms with Gasteiger partial charge in [-0.25, -0.2) is 19.3 Å². The van der Waals surface area contributed by atoms with E-state index in [0.717, 1.165) is 29.9 Å². The average Bonchev–Trinajstić information content (AvgIpc) is 2.65. The minimum Gasteiger partial charge on any atom is -0.368 e. The maximum absolute atomic E-state index is 14.0. The molecule has 0 unspecified atom stereocenters. The van der Waals surface area contributed by atoms with Gasteiger partial charge >= 0.3 is 0 Å². The summed E-state index contributed by atoms with van der Waals surface area (Å²) in [4.78, 5) is 19.0. The van der Waals surface area contributed by atoms with Crippen molar-refractivity contribution in [3.8, 4) is 0 Å². The SMILES string of the molecule is CCN(CC)c1nc2c(C)c(F)ccc2cc1[C@H](C)Nc1ncnc(N)n1. The van der Waals surface area contributed by atoms with E-state index in [2.05, 4.69) is 39.0 Å². The summed E-state index contributed by atoms with van der Waals surface area (Å²) in [6.07, 6.45) is 1.37. The molecule has 0 aliphatic heterocycles. The van der Waals surface area contributed by atoms with Gasteiger partial charge in [0.05, 0.1) is 11.6 Å². The Morgan fingerprint density at radius 1 is 1.19 bits per heavy atom. The van der Waals surface area contributed by atoms with Crippen molar-refractivity contribution in [3.05, 3.63) is 41.5 Å². The molecule has 7 nitrogen and oxygen atoms in total. The molecule has 3 rings (SSSR count). The number of benzene rings is 1. The van der Waals surface area contributed by atoms with E-state index in [4.69, 9.17) is 10.7 Å². The summed E-state index contributed by atoms with van der Waals surface area (Å²) in [7, 11) is 0. The first-order chi connectivity index (χ1) is 12.9. The molecule has 1 aromatic carbocycles. The number of aryl methyl sites for hydroxylation is 1. The molecule has 0 aliphatic rings. The number of nitrogen functional groups attached to an aromatic ring is 1. The number of pyridine rings is 1. The number of fused-ring (bicyclic) bond motifs is 1. The van der Waals surface area contributed by atoms with E-state index >= 15 is 0 Å². The fraction of sp³-hybridized carbons (Fsp3) is 0.368. The van der Waals surface area contributed by atoms with Gasteiger partial charge in [0.1, 0.15) is 18.0 Å². The lowest BCUT2D eigenvalue weighted by Gasteiger charge is -2.26. The van der Waals surface area contributed by atoms with Crippen LogP contribution in [0.3, 0.4) is 0 Å². The van der Waals surface area contributed by atoms with Gasteiger partial charge in [-0.15, -0.1) is 0 Å². The number of halogens is 1. The van der Waals surface area contributed by atoms with Gasteiger partial charge in [0.25, 0.3) is 0 Å². The van der Waals surface area contributed by atoms with E-state index in [9.17, 15) is 4.39 Å². The van der Waals surface area contributed by atoms with Crippen LogP contribution in [0.15, 0.2) is 24.5 Å². The minimum atomic E-state index is -0.250. The van der Waals surface area contributed by atoms with Crippen molar-refractivity contribution in [2.45, 2.75) is 33.7 Å². The number of nitrogens with two attached hydrogens (primary N) is 1. The molecule has 0 amide bonds. The number of aromatic nitrogens is 4. The van der Waals surface area contributed by atoms with E-state index in [0.29, 0.717) is 17.0 Å². The number of hydrogen-bond acceptors (Lipinski definition) is 7. The molecule has 142 valence electrons. The highest BCUT2D eigenvalue weighted by Gasteiger charge is 2.19. The summed E-state index contributed by atoms with van der Waals surface area (Å²) >= 11 is 0. The summed E-state index contributed by atoms with van der Waals surface area (Å²) in [5, 5.41) is 4.14. The van der Waals surface area contributed by atoms with E-state index in [1.54, 1.807) is 13.0 Å². The highest BCUT2D eigenvalue weighted by molar-refractivity contribution is 5.85. The second-order valence-corrected chi connectivity index (χ2v) is 6.35. The number of nitrogens with zero attached hydrogens (tertiary/aromatic N) is 5. The van der Waals surface area contributed by atoms with Crippen molar-refractivity contribution in [2.24, 2.45) is 0 Å². The first-order valence-electron chi connectivity index (χ1n) is 9.00. The average molecular weight is 369 g/mol. The fourth-order valence-electron chi connectivity index (χ4n) is 3.11. The Bertz CT molecular complexity index is 956. The summed E-state index contributed by atoms with van der Waals surface area (Å²) in [5.74, 6) is 1.13. The smallest absolute Gasteiger partial charge is 0.227 e. The highest BCUT2D eigenvalue weighted by Crippen LogP contribution is 2.31. The Balaban J connectivity index is 2.11. The van der Waals surface area contributed by atoms with Crippen molar-refractivity contribution < 1.29 is 4.39 Å². The molecule has 3 aromatic rings. The van der Waals surface area contributed by atoms with Crippen LogP contribution in [0, 0.1) is 12.7 Å². The molecule has 0 fully saturated rings. The Morgan fingerprint density at radius 2 is 1.93 bits per heavy atom. The second kappa shape index (κ2) is 7.69. The van der Waals surface area contributed by atoms with Crippen molar-refractivity contribution in [3.63, 3.8) is 0 Å². The molecule has 0 bridgehead atoms. The zero-order valence-corrected chi connectivity index (χ0v) is 16.0. The van der Waals surface area contributed by atoms with Gasteiger partial charge in [-0.1, -0.05) is 0 Å². The molecule has 0 aliphatic carbocycles. The lowest BCUT2D eigenvalue weighted by atomic mass is 10.0. The summed E-state index contributed by atoms with van der Waals surface area (Å²) < 4.78 is 14.0. The van der Waals surface area contributed by atoms with E-state index in [-0.39, 0.29) is 17.8 Å². The van der Waals surface area contributed by atoms with Crippen molar-refractivity contribution >= 4 is 28.6 Å². The molecule has 2 aromatic heterocycles. The molecule has 0 saturated heterocycles. The summed E-state index contributed by atoms with van der Waals surface area (Å²) in [5.41, 5.74) is 7.86. The second-order valence-electron chi connectivity index (χ2n) is 6.35. The van der Waals surface area contributed by atoms with Crippen molar-refractivity contribution in [1.82, 2.24) is 19.9 Å². The lowest BCUT2D eigenvalue weighted by molar-refractivity contribution is 0.620. The normalized spacial score (nSPS) is 12.2. The van der Waals surface area contributed by atoms with Gasteiger partial charge in [0.2, 0.25) is 11.9 Å². The van der Waals surface area contributed by atoms with E-state index in [1.807, 2.05) is 13.0 Å². The van der Waals surface area contributed by atoms with Crippen LogP contribution in [0.4, 0.5) is 22.1 Å². The molecular formula is C19H24FN7. The maximum atomic E-state index is 14.0. The van der Waals surface area contributed by atoms with E-state index < -0.39 is 0 Å². The Labute approximate surface area is 157 Å². The largest absolute Gasteiger partial charge is 0.368 e. The van der Waals surface area contributed by atoms with Gasteiger partial charge in [0.15, 0.2) is 0 Å². The van der Waals surface area contributed by atoms with Crippen LogP contribution in [0.2, 0.25) is 0 Å². The van der Waals surface area contributed by atoms with Crippen LogP contribution in [-0.4, -0.2) is 33.0 Å². The van der Waals surface area contributed by atoms with Gasteiger partial charge < -0.3 is 16.0 Å². The van der Waals surface area contributed by atoms with Crippen LogP contribution in [0.1, 0.15) is 37.9 Å². The number of anilines is 3. The monoisotopic (exact) mass is 369 g/mol. The van der Waals surface area contributed by atoms with E-state index in [1.165, 1.54) is 12.4 Å². The number of hydrogen-bond donors (Lipinski definition) is 2. The predicted molar refractivity (Wildman–Crippen MR) is 106 cm³/mol. The Kier molecular flexibility index (Phi) is 5.34. The van der Waals surface area contributed by atoms with Crippen LogP contribution in [0.5, 0.6) is 0 Å². The standard InChI is InChI=1S/C19H24FN7/c1-5-27(6-2)17-14(12(4)24-19-23-10-22-18(21)26-19)9-13-7-8-15(20)11(3)16(13)25-17/h7-10,12H,5-6H2,1-4H3,(H3,21,22,23,24,26)/t12-/m0/s1. The molecule has 8 heteroatoms. The molecule has 1 atom stereocenters. The third-order valence-corrected chi connectivity index (χ3v) is 4.65. The number of rotatable bonds is 6. The topological polar surface area (TPSA) is 92.9 Å². The minimum absolute atomic E-state index is 0.135. The first-order valence-corrected chi connectivity index (χ1v) is 9.00. The zero-order chi connectivity index (χ0) is 19.6. The fourth-order valence-corrected chi connectivity index (χ4v) is 3.11. The maximum Gasteiger partial charge on any atom is 0.227 e. The molecule has 0 radical (unpaired) electrons. The van der Waals surface area contributed by atoms with Gasteiger partial charge in [0, 0.05) is 29.6 Å². The molecular weight excluding hydrogens is 345 g/mol. The number of nitrogens with one attached hydrogen (secondary N) is 1. The zero-order valence-electron chi connectivity index (χ0n) is 16.0. The van der Waals surface area contributed by atoms with Crippen LogP contribution >= 0.6 is 0 Å². The van der Waals surface area contributed by atoms with Gasteiger partial charge in [-0.2, -0.15) is 4.98 Å². The third kappa shape index (κ3) is 3.74. The highest BCUT2D eigenvalue weighted by atomic mass is 19.1. The van der Waals surface area contributed by atoms with Gasteiger partial charge in [-0.3, -0.25) is 0 Å². The molecule has 2 heterocycles. The van der Waals surface area contributed by atoms with Crippen LogP contribution in [-0.2, 0) is 0 Å². The van der Waals surface area contributed by atoms with Crippen LogP contribution < -0.4 is 16.0 Å². The summed E-state index contributed by atoms with van der Waals surface area (Å²) in [6.45, 7) is 9.49. The van der Waals surface area contributed by atoms with Crippen molar-refractivity contribution in [1.29, 1.82) is 0 Å². The van der Waals surface area contributed by atoms with Crippen LogP contribution in [0.25, 0.3) is 10.9 Å². The molecule has 0 saturated carbocycles. The quantitative estimate of drug-likeness (QED) is 0.687. The Morgan fingerprint density at radius 3 is 2.59 bits per heavy atom.